The van der Waals surface area contributed by atoms with Crippen LogP contribution in [0, 0.1) is 5.92 Å². The lowest BCUT2D eigenvalue weighted by Gasteiger charge is -2.31. The average Bonchev–Trinajstić information content (AvgIpc) is 2.79. The van der Waals surface area contributed by atoms with Gasteiger partial charge in [0.05, 0.1) is 4.47 Å². The quantitative estimate of drug-likeness (QED) is 0.443. The van der Waals surface area contributed by atoms with Gasteiger partial charge in [-0.2, -0.15) is 0 Å². The predicted molar refractivity (Wildman–Crippen MR) is 133 cm³/mol. The van der Waals surface area contributed by atoms with Crippen molar-refractivity contribution in [1.82, 2.24) is 10.2 Å². The zero-order valence-corrected chi connectivity index (χ0v) is 21.2. The van der Waals surface area contributed by atoms with Crippen molar-refractivity contribution in [1.29, 1.82) is 0 Å². The fourth-order valence-corrected chi connectivity index (χ4v) is 3.96. The molecule has 0 radical (unpaired) electrons. The molecule has 6 heteroatoms. The average molecular weight is 503 g/mol. The van der Waals surface area contributed by atoms with Gasteiger partial charge in [-0.1, -0.05) is 64.1 Å². The highest BCUT2D eigenvalue weighted by Crippen LogP contribution is 2.26. The van der Waals surface area contributed by atoms with Gasteiger partial charge in [0.15, 0.2) is 6.61 Å². The van der Waals surface area contributed by atoms with E-state index in [2.05, 4.69) is 42.0 Å². The summed E-state index contributed by atoms with van der Waals surface area (Å²) in [6.07, 6.45) is 2.14. The van der Waals surface area contributed by atoms with Crippen LogP contribution < -0.4 is 10.1 Å². The van der Waals surface area contributed by atoms with Gasteiger partial charge in [-0.15, -0.1) is 0 Å². The maximum absolute atomic E-state index is 13.2. The van der Waals surface area contributed by atoms with Crippen molar-refractivity contribution in [2.45, 2.75) is 53.0 Å². The molecular weight excluding hydrogens is 468 g/mol. The number of hydrogen-bond donors (Lipinski definition) is 1. The zero-order chi connectivity index (χ0) is 23.5. The molecule has 5 nitrogen and oxygen atoms in total. The summed E-state index contributed by atoms with van der Waals surface area (Å²) in [6, 6.07) is 15.3. The summed E-state index contributed by atoms with van der Waals surface area (Å²) in [4.78, 5) is 27.8. The summed E-state index contributed by atoms with van der Waals surface area (Å²) in [6.45, 7) is 9.05. The first-order valence-corrected chi connectivity index (χ1v) is 12.2. The van der Waals surface area contributed by atoms with Crippen molar-refractivity contribution in [2.75, 3.05) is 19.7 Å². The van der Waals surface area contributed by atoms with Crippen LogP contribution >= 0.6 is 15.9 Å². The Morgan fingerprint density at radius 2 is 1.78 bits per heavy atom. The van der Waals surface area contributed by atoms with E-state index in [9.17, 15) is 9.59 Å². The van der Waals surface area contributed by atoms with Crippen LogP contribution in [0.5, 0.6) is 5.75 Å². The highest BCUT2D eigenvalue weighted by atomic mass is 79.9. The maximum atomic E-state index is 13.2. The Bertz CT molecular complexity index is 871. The van der Waals surface area contributed by atoms with Crippen molar-refractivity contribution in [2.24, 2.45) is 5.92 Å². The molecule has 0 bridgehead atoms. The molecular formula is C26H35BrN2O3. The van der Waals surface area contributed by atoms with Crippen LogP contribution in [0.4, 0.5) is 0 Å². The van der Waals surface area contributed by atoms with E-state index in [-0.39, 0.29) is 18.4 Å². The van der Waals surface area contributed by atoms with Gasteiger partial charge in [-0.3, -0.25) is 9.59 Å². The number of amides is 2. The second-order valence-corrected chi connectivity index (χ2v) is 9.15. The molecule has 32 heavy (non-hydrogen) atoms. The lowest BCUT2D eigenvalue weighted by molar-refractivity contribution is -0.142. The smallest absolute Gasteiger partial charge is 0.261 e. The fraction of sp³-hybridized carbons (Fsp3) is 0.462. The first-order chi connectivity index (χ1) is 15.3. The van der Waals surface area contributed by atoms with Gasteiger partial charge in [-0.25, -0.2) is 0 Å². The van der Waals surface area contributed by atoms with Crippen molar-refractivity contribution in [3.05, 3.63) is 64.1 Å². The van der Waals surface area contributed by atoms with Gasteiger partial charge in [0.2, 0.25) is 5.91 Å². The number of ether oxygens (including phenoxy) is 1. The molecule has 0 saturated carbocycles. The molecule has 0 unspecified atom stereocenters. The van der Waals surface area contributed by atoms with E-state index in [1.807, 2.05) is 55.5 Å². The minimum absolute atomic E-state index is 0.115. The summed E-state index contributed by atoms with van der Waals surface area (Å²) in [7, 11) is 0. The van der Waals surface area contributed by atoms with Crippen LogP contribution in [0.25, 0.3) is 0 Å². The number of aryl methyl sites for hydroxylation is 1. The highest BCUT2D eigenvalue weighted by Gasteiger charge is 2.28. The molecule has 0 aliphatic rings. The van der Waals surface area contributed by atoms with Crippen molar-refractivity contribution in [3.8, 4) is 5.75 Å². The van der Waals surface area contributed by atoms with Crippen LogP contribution in [0.3, 0.4) is 0 Å². The second kappa shape index (κ2) is 13.3. The first-order valence-electron chi connectivity index (χ1n) is 11.4. The molecule has 1 atom stereocenters. The van der Waals surface area contributed by atoms with Gasteiger partial charge in [0, 0.05) is 13.1 Å². The lowest BCUT2D eigenvalue weighted by atomic mass is 10.1. The van der Waals surface area contributed by atoms with E-state index >= 15 is 0 Å². The number of hydrogen-bond acceptors (Lipinski definition) is 3. The minimum Gasteiger partial charge on any atom is -0.483 e. The van der Waals surface area contributed by atoms with Gasteiger partial charge < -0.3 is 15.0 Å². The molecule has 0 aromatic heterocycles. The molecule has 0 aliphatic heterocycles. The molecule has 0 aliphatic carbocycles. The Hall–Kier alpha value is -2.34. The third-order valence-electron chi connectivity index (χ3n) is 5.31. The number of carbonyl (C=O) groups is 2. The third kappa shape index (κ3) is 7.97. The Kier molecular flexibility index (Phi) is 10.7. The van der Waals surface area contributed by atoms with E-state index in [1.165, 1.54) is 5.56 Å². The Morgan fingerprint density at radius 1 is 1.06 bits per heavy atom. The summed E-state index contributed by atoms with van der Waals surface area (Å²) in [5.41, 5.74) is 2.31. The molecule has 2 amide bonds. The molecule has 2 aromatic carbocycles. The molecule has 1 N–H and O–H groups in total. The van der Waals surface area contributed by atoms with Crippen molar-refractivity contribution < 1.29 is 14.3 Å². The Labute approximate surface area is 200 Å². The van der Waals surface area contributed by atoms with E-state index in [1.54, 1.807) is 4.90 Å². The largest absolute Gasteiger partial charge is 0.483 e. The number of nitrogens with zero attached hydrogens (tertiary/aromatic N) is 1. The normalized spacial score (nSPS) is 11.8. The third-order valence-corrected chi connectivity index (χ3v) is 5.93. The van der Waals surface area contributed by atoms with Gasteiger partial charge >= 0.3 is 0 Å². The SMILES string of the molecule is CCc1ccc(OCC(=O)N(CCc2ccccc2)[C@@H](CC)C(=O)NCC(C)C)c(Br)c1. The Morgan fingerprint density at radius 3 is 2.38 bits per heavy atom. The van der Waals surface area contributed by atoms with Crippen LogP contribution in [0.1, 0.15) is 45.2 Å². The molecule has 0 fully saturated rings. The molecule has 174 valence electrons. The number of rotatable bonds is 12. The summed E-state index contributed by atoms with van der Waals surface area (Å²) < 4.78 is 6.66. The van der Waals surface area contributed by atoms with Crippen LogP contribution in [0.2, 0.25) is 0 Å². The molecule has 2 aromatic rings. The number of nitrogens with one attached hydrogen (secondary N) is 1. The summed E-state index contributed by atoms with van der Waals surface area (Å²) >= 11 is 3.52. The standard InChI is InChI=1S/C26H35BrN2O3/c1-5-20-12-13-24(22(27)16-20)32-18-25(30)29(15-14-21-10-8-7-9-11-21)23(6-2)26(31)28-17-19(3)4/h7-13,16,19,23H,5-6,14-15,17-18H2,1-4H3,(H,28,31)/t23-/m0/s1. The van der Waals surface area contributed by atoms with Crippen molar-refractivity contribution in [3.63, 3.8) is 0 Å². The highest BCUT2D eigenvalue weighted by molar-refractivity contribution is 9.10. The fourth-order valence-electron chi connectivity index (χ4n) is 3.42. The van der Waals surface area contributed by atoms with Crippen molar-refractivity contribution >= 4 is 27.7 Å². The van der Waals surface area contributed by atoms with Gasteiger partial charge in [-0.05, 0) is 64.4 Å². The Balaban J connectivity index is 2.13. The minimum atomic E-state index is -0.528. The van der Waals surface area contributed by atoms with E-state index in [0.29, 0.717) is 37.6 Å². The van der Waals surface area contributed by atoms with E-state index in [4.69, 9.17) is 4.74 Å². The number of halogens is 1. The monoisotopic (exact) mass is 502 g/mol. The summed E-state index contributed by atoms with van der Waals surface area (Å²) in [5, 5.41) is 2.98. The topological polar surface area (TPSA) is 58.6 Å². The number of benzene rings is 2. The molecule has 2 rings (SSSR count). The van der Waals surface area contributed by atoms with Gasteiger partial charge in [0.25, 0.3) is 5.91 Å². The molecule has 0 spiro atoms. The molecule has 0 heterocycles. The van der Waals surface area contributed by atoms with Gasteiger partial charge in [0.1, 0.15) is 11.8 Å². The second-order valence-electron chi connectivity index (χ2n) is 8.29. The maximum Gasteiger partial charge on any atom is 0.261 e. The lowest BCUT2D eigenvalue weighted by Crippen LogP contribution is -2.51. The zero-order valence-electron chi connectivity index (χ0n) is 19.6. The first kappa shape index (κ1) is 25.9. The van der Waals surface area contributed by atoms with Crippen LogP contribution in [0.15, 0.2) is 53.0 Å². The molecule has 0 saturated heterocycles. The van der Waals surface area contributed by atoms with E-state index in [0.717, 1.165) is 16.5 Å². The van der Waals surface area contributed by atoms with Crippen LogP contribution in [-0.2, 0) is 22.4 Å². The van der Waals surface area contributed by atoms with Crippen LogP contribution in [-0.4, -0.2) is 42.5 Å². The van der Waals surface area contributed by atoms with E-state index < -0.39 is 6.04 Å². The predicted octanol–water partition coefficient (Wildman–Crippen LogP) is 5.01. The summed E-state index contributed by atoms with van der Waals surface area (Å²) in [5.74, 6) is 0.655. The number of carbonyl (C=O) groups excluding carboxylic acids is 2.